The van der Waals surface area contributed by atoms with Gasteiger partial charge in [-0.2, -0.15) is 13.2 Å². The molecule has 0 aromatic heterocycles. The molecule has 2 rings (SSSR count). The molecule has 0 radical (unpaired) electrons. The monoisotopic (exact) mass is 413 g/mol. The number of benzene rings is 2. The van der Waals surface area contributed by atoms with E-state index in [1.807, 2.05) is 0 Å². The highest BCUT2D eigenvalue weighted by atomic mass is 19.4. The molecule has 0 spiro atoms. The molecule has 0 amide bonds. The van der Waals surface area contributed by atoms with E-state index in [2.05, 4.69) is 5.32 Å². The summed E-state index contributed by atoms with van der Waals surface area (Å²) in [7, 11) is 0. The van der Waals surface area contributed by atoms with Crippen LogP contribution in [0.25, 0.3) is 0 Å². The number of nitrogens with one attached hydrogen (secondary N) is 1. The number of esters is 1. The number of nitro benzene ring substituents is 2. The molecule has 0 fully saturated rings. The number of nitrogens with zero attached hydrogens (tertiary/aromatic N) is 2. The second-order valence-electron chi connectivity index (χ2n) is 5.71. The first kappa shape index (κ1) is 21.6. The van der Waals surface area contributed by atoms with Gasteiger partial charge in [0.2, 0.25) is 0 Å². The third-order valence-electron chi connectivity index (χ3n) is 3.74. The highest BCUT2D eigenvalue weighted by Crippen LogP contribution is 2.34. The summed E-state index contributed by atoms with van der Waals surface area (Å²) in [6.45, 7) is -0.488. The maximum atomic E-state index is 12.7. The number of hydrogen-bond acceptors (Lipinski definition) is 7. The quantitative estimate of drug-likeness (QED) is 0.393. The molecule has 0 saturated carbocycles. The standard InChI is InChI=1S/C17H14F3N3O6/c18-17(19,20)12-5-6-13(15(9-12)23(27)28)21-8-7-16(24)29-10-11-3-1-2-4-14(11)22(25)26/h1-6,9,21H,7-8,10H2. The Bertz CT molecular complexity index is 933. The Hall–Kier alpha value is -3.70. The molecule has 2 aromatic carbocycles. The van der Waals surface area contributed by atoms with Gasteiger partial charge in [0.1, 0.15) is 12.3 Å². The van der Waals surface area contributed by atoms with Crippen molar-refractivity contribution in [1.82, 2.24) is 0 Å². The number of nitro groups is 2. The van der Waals surface area contributed by atoms with Crippen LogP contribution in [0.2, 0.25) is 0 Å². The Morgan fingerprint density at radius 2 is 1.69 bits per heavy atom. The van der Waals surface area contributed by atoms with Gasteiger partial charge < -0.3 is 10.1 Å². The van der Waals surface area contributed by atoms with Gasteiger partial charge >= 0.3 is 12.1 Å². The lowest BCUT2D eigenvalue weighted by Crippen LogP contribution is -2.13. The maximum absolute atomic E-state index is 12.7. The highest BCUT2D eigenvalue weighted by Gasteiger charge is 2.33. The minimum Gasteiger partial charge on any atom is -0.460 e. The zero-order chi connectivity index (χ0) is 21.6. The minimum absolute atomic E-state index is 0.151. The molecular weight excluding hydrogens is 399 g/mol. The molecule has 12 heteroatoms. The SMILES string of the molecule is O=C(CCNc1ccc(C(F)(F)F)cc1[N+](=O)[O-])OCc1ccccc1[N+](=O)[O-]. The fourth-order valence-electron chi connectivity index (χ4n) is 2.35. The van der Waals surface area contributed by atoms with Crippen molar-refractivity contribution in [2.45, 2.75) is 19.2 Å². The summed E-state index contributed by atoms with van der Waals surface area (Å²) in [4.78, 5) is 32.1. The summed E-state index contributed by atoms with van der Waals surface area (Å²) < 4.78 is 43.0. The highest BCUT2D eigenvalue weighted by molar-refractivity contribution is 5.71. The number of carbonyl (C=O) groups excluding carboxylic acids is 1. The molecule has 0 aliphatic heterocycles. The number of anilines is 1. The summed E-state index contributed by atoms with van der Waals surface area (Å²) in [5.74, 6) is -0.745. The fraction of sp³-hybridized carbons (Fsp3) is 0.235. The lowest BCUT2D eigenvalue weighted by molar-refractivity contribution is -0.385. The van der Waals surface area contributed by atoms with E-state index in [-0.39, 0.29) is 36.5 Å². The van der Waals surface area contributed by atoms with Crippen molar-refractivity contribution in [3.63, 3.8) is 0 Å². The first-order valence-electron chi connectivity index (χ1n) is 8.07. The van der Waals surface area contributed by atoms with Crippen LogP contribution in [0.5, 0.6) is 0 Å². The smallest absolute Gasteiger partial charge is 0.416 e. The van der Waals surface area contributed by atoms with Crippen LogP contribution >= 0.6 is 0 Å². The number of hydrogen-bond donors (Lipinski definition) is 1. The van der Waals surface area contributed by atoms with Crippen LogP contribution in [0.3, 0.4) is 0 Å². The Kier molecular flexibility index (Phi) is 6.70. The number of rotatable bonds is 8. The van der Waals surface area contributed by atoms with Gasteiger partial charge in [-0.25, -0.2) is 0 Å². The molecule has 0 aliphatic rings. The Morgan fingerprint density at radius 1 is 1.03 bits per heavy atom. The van der Waals surface area contributed by atoms with Crippen LogP contribution in [-0.4, -0.2) is 22.4 Å². The first-order valence-corrected chi connectivity index (χ1v) is 8.07. The Morgan fingerprint density at radius 3 is 2.31 bits per heavy atom. The van der Waals surface area contributed by atoms with Crippen LogP contribution in [0.1, 0.15) is 17.5 Å². The second kappa shape index (κ2) is 8.99. The Labute approximate surface area is 161 Å². The molecule has 0 bridgehead atoms. The van der Waals surface area contributed by atoms with E-state index in [0.29, 0.717) is 12.1 Å². The topological polar surface area (TPSA) is 125 Å². The van der Waals surface area contributed by atoms with Crippen molar-refractivity contribution in [3.8, 4) is 0 Å². The average molecular weight is 413 g/mol. The third-order valence-corrected chi connectivity index (χ3v) is 3.74. The van der Waals surface area contributed by atoms with E-state index in [4.69, 9.17) is 4.74 Å². The van der Waals surface area contributed by atoms with Gasteiger partial charge in [-0.05, 0) is 18.2 Å². The van der Waals surface area contributed by atoms with Crippen LogP contribution in [0.15, 0.2) is 42.5 Å². The molecular formula is C17H14F3N3O6. The van der Waals surface area contributed by atoms with Gasteiger partial charge in [0, 0.05) is 18.7 Å². The number of para-hydroxylation sites is 1. The number of halogens is 3. The zero-order valence-electron chi connectivity index (χ0n) is 14.6. The molecule has 9 nitrogen and oxygen atoms in total. The largest absolute Gasteiger partial charge is 0.460 e. The van der Waals surface area contributed by atoms with Crippen molar-refractivity contribution in [2.75, 3.05) is 11.9 Å². The van der Waals surface area contributed by atoms with E-state index in [9.17, 15) is 38.2 Å². The molecule has 0 saturated heterocycles. The molecule has 0 unspecified atom stereocenters. The first-order chi connectivity index (χ1) is 13.6. The van der Waals surface area contributed by atoms with Gasteiger partial charge in [0.15, 0.2) is 0 Å². The normalized spacial score (nSPS) is 11.0. The molecule has 2 aromatic rings. The third kappa shape index (κ3) is 5.89. The summed E-state index contributed by atoms with van der Waals surface area (Å²) in [6.07, 6.45) is -4.99. The molecule has 0 heterocycles. The minimum atomic E-state index is -4.73. The second-order valence-corrected chi connectivity index (χ2v) is 5.71. The lowest BCUT2D eigenvalue weighted by atomic mass is 10.1. The van der Waals surface area contributed by atoms with Crippen molar-refractivity contribution < 1.29 is 32.5 Å². The van der Waals surface area contributed by atoms with Crippen LogP contribution in [0.4, 0.5) is 30.2 Å². The van der Waals surface area contributed by atoms with Crippen LogP contribution in [0, 0.1) is 20.2 Å². The Balaban J connectivity index is 1.94. The van der Waals surface area contributed by atoms with Gasteiger partial charge in [-0.15, -0.1) is 0 Å². The van der Waals surface area contributed by atoms with E-state index in [1.54, 1.807) is 6.07 Å². The van der Waals surface area contributed by atoms with Crippen molar-refractivity contribution in [2.24, 2.45) is 0 Å². The van der Waals surface area contributed by atoms with Crippen LogP contribution < -0.4 is 5.32 Å². The van der Waals surface area contributed by atoms with Gasteiger partial charge in [0.25, 0.3) is 11.4 Å². The summed E-state index contributed by atoms with van der Waals surface area (Å²) in [5, 5.41) is 24.4. The summed E-state index contributed by atoms with van der Waals surface area (Å²) >= 11 is 0. The maximum Gasteiger partial charge on any atom is 0.416 e. The average Bonchev–Trinajstić information content (AvgIpc) is 2.65. The van der Waals surface area contributed by atoms with Gasteiger partial charge in [-0.1, -0.05) is 12.1 Å². The van der Waals surface area contributed by atoms with Crippen LogP contribution in [-0.2, 0) is 22.3 Å². The van der Waals surface area contributed by atoms with Gasteiger partial charge in [-0.3, -0.25) is 25.0 Å². The number of ether oxygens (including phenoxy) is 1. The summed E-state index contributed by atoms with van der Waals surface area (Å²) in [6, 6.07) is 7.67. The van der Waals surface area contributed by atoms with Crippen molar-refractivity contribution in [3.05, 3.63) is 73.8 Å². The van der Waals surface area contributed by atoms with Gasteiger partial charge in [0.05, 0.1) is 27.4 Å². The molecule has 0 aliphatic carbocycles. The zero-order valence-corrected chi connectivity index (χ0v) is 14.6. The van der Waals surface area contributed by atoms with E-state index in [1.165, 1.54) is 18.2 Å². The van der Waals surface area contributed by atoms with E-state index in [0.717, 1.165) is 6.07 Å². The van der Waals surface area contributed by atoms with Crippen molar-refractivity contribution >= 4 is 23.0 Å². The number of carbonyl (C=O) groups is 1. The molecule has 154 valence electrons. The van der Waals surface area contributed by atoms with E-state index >= 15 is 0 Å². The molecule has 0 atom stereocenters. The van der Waals surface area contributed by atoms with E-state index < -0.39 is 33.2 Å². The molecule has 29 heavy (non-hydrogen) atoms. The predicted molar refractivity (Wildman–Crippen MR) is 94.1 cm³/mol. The lowest BCUT2D eigenvalue weighted by Gasteiger charge is -2.10. The number of alkyl halides is 3. The fourth-order valence-corrected chi connectivity index (χ4v) is 2.35. The summed E-state index contributed by atoms with van der Waals surface area (Å²) in [5.41, 5.74) is -2.16. The molecule has 1 N–H and O–H groups in total. The van der Waals surface area contributed by atoms with Crippen molar-refractivity contribution in [1.29, 1.82) is 0 Å². The predicted octanol–water partition coefficient (Wildman–Crippen LogP) is 4.07.